The lowest BCUT2D eigenvalue weighted by molar-refractivity contribution is -0.128. The van der Waals surface area contributed by atoms with E-state index in [1.807, 2.05) is 44.2 Å². The van der Waals surface area contributed by atoms with Gasteiger partial charge in [-0.2, -0.15) is 0 Å². The lowest BCUT2D eigenvalue weighted by Crippen LogP contribution is -2.45. The van der Waals surface area contributed by atoms with Crippen molar-refractivity contribution in [2.24, 2.45) is 17.6 Å². The molecule has 0 spiro atoms. The first-order valence-electron chi connectivity index (χ1n) is 7.13. The Morgan fingerprint density at radius 3 is 2.50 bits per heavy atom. The highest BCUT2D eigenvalue weighted by atomic mass is 16.2. The van der Waals surface area contributed by atoms with Crippen molar-refractivity contribution in [3.8, 4) is 0 Å². The van der Waals surface area contributed by atoms with Crippen LogP contribution in [0.4, 0.5) is 0 Å². The van der Waals surface area contributed by atoms with Crippen molar-refractivity contribution in [3.05, 3.63) is 35.9 Å². The number of nitrogens with one attached hydrogen (secondary N) is 1. The zero-order valence-corrected chi connectivity index (χ0v) is 12.0. The summed E-state index contributed by atoms with van der Waals surface area (Å²) in [4.78, 5) is 23.5. The largest absolute Gasteiger partial charge is 0.368 e. The molecule has 1 aromatic rings. The van der Waals surface area contributed by atoms with Crippen molar-refractivity contribution < 1.29 is 9.59 Å². The van der Waals surface area contributed by atoms with Crippen LogP contribution in [0.2, 0.25) is 0 Å². The molecule has 0 aliphatic heterocycles. The maximum atomic E-state index is 12.2. The highest BCUT2D eigenvalue weighted by molar-refractivity contribution is 5.89. The van der Waals surface area contributed by atoms with E-state index >= 15 is 0 Å². The third-order valence-electron chi connectivity index (χ3n) is 3.72. The second kappa shape index (κ2) is 6.07. The lowest BCUT2D eigenvalue weighted by atomic mass is 10.0. The summed E-state index contributed by atoms with van der Waals surface area (Å²) >= 11 is 0. The molecule has 0 aromatic heterocycles. The second-order valence-corrected chi connectivity index (χ2v) is 5.95. The predicted molar refractivity (Wildman–Crippen MR) is 77.9 cm³/mol. The fraction of sp³-hybridized carbons (Fsp3) is 0.500. The molecule has 0 bridgehead atoms. The average molecular weight is 274 g/mol. The number of rotatable bonds is 6. The van der Waals surface area contributed by atoms with Gasteiger partial charge in [0, 0.05) is 5.92 Å². The first kappa shape index (κ1) is 14.6. The van der Waals surface area contributed by atoms with E-state index in [0.717, 1.165) is 6.42 Å². The van der Waals surface area contributed by atoms with Gasteiger partial charge in [-0.25, -0.2) is 0 Å². The van der Waals surface area contributed by atoms with Gasteiger partial charge in [-0.1, -0.05) is 44.2 Å². The van der Waals surface area contributed by atoms with Crippen LogP contribution in [-0.2, 0) is 9.59 Å². The van der Waals surface area contributed by atoms with E-state index in [1.165, 1.54) is 5.56 Å². The van der Waals surface area contributed by atoms with Crippen LogP contribution in [0.15, 0.2) is 30.3 Å². The molecule has 4 heteroatoms. The Hall–Kier alpha value is -1.84. The third kappa shape index (κ3) is 3.59. The third-order valence-corrected chi connectivity index (χ3v) is 3.72. The average Bonchev–Trinajstić information content (AvgIpc) is 3.18. The molecule has 4 nitrogen and oxygen atoms in total. The van der Waals surface area contributed by atoms with E-state index in [4.69, 9.17) is 5.73 Å². The Morgan fingerprint density at radius 1 is 1.30 bits per heavy atom. The molecule has 1 aliphatic rings. The zero-order chi connectivity index (χ0) is 14.7. The highest BCUT2D eigenvalue weighted by Crippen LogP contribution is 2.47. The molecule has 2 rings (SSSR count). The number of primary amides is 1. The summed E-state index contributed by atoms with van der Waals surface area (Å²) < 4.78 is 0. The molecule has 3 atom stereocenters. The molecule has 0 radical (unpaired) electrons. The van der Waals surface area contributed by atoms with Gasteiger partial charge in [-0.3, -0.25) is 9.59 Å². The van der Waals surface area contributed by atoms with Crippen LogP contribution in [0.3, 0.4) is 0 Å². The molecule has 0 saturated heterocycles. The molecule has 3 N–H and O–H groups in total. The molecule has 0 heterocycles. The van der Waals surface area contributed by atoms with E-state index < -0.39 is 11.9 Å². The first-order valence-corrected chi connectivity index (χ1v) is 7.13. The zero-order valence-electron chi connectivity index (χ0n) is 12.0. The molecule has 1 saturated carbocycles. The number of amides is 2. The summed E-state index contributed by atoms with van der Waals surface area (Å²) in [5.74, 6) is 0.0689. The quantitative estimate of drug-likeness (QED) is 0.830. The molecular formula is C16H22N2O2. The van der Waals surface area contributed by atoms with Gasteiger partial charge in [0.15, 0.2) is 0 Å². The number of carbonyl (C=O) groups excluding carboxylic acids is 2. The summed E-state index contributed by atoms with van der Waals surface area (Å²) in [6.07, 6.45) is 1.44. The Balaban J connectivity index is 1.91. The van der Waals surface area contributed by atoms with Gasteiger partial charge in [0.25, 0.3) is 0 Å². The fourth-order valence-corrected chi connectivity index (χ4v) is 2.55. The van der Waals surface area contributed by atoms with Crippen molar-refractivity contribution in [1.82, 2.24) is 5.32 Å². The molecule has 1 aromatic carbocycles. The Kier molecular flexibility index (Phi) is 4.42. The number of hydrogen-bond donors (Lipinski definition) is 2. The maximum absolute atomic E-state index is 12.2. The van der Waals surface area contributed by atoms with Gasteiger partial charge in [0.1, 0.15) is 6.04 Å². The van der Waals surface area contributed by atoms with Gasteiger partial charge < -0.3 is 11.1 Å². The topological polar surface area (TPSA) is 72.2 Å². The molecule has 108 valence electrons. The Labute approximate surface area is 119 Å². The highest BCUT2D eigenvalue weighted by Gasteiger charge is 2.44. The van der Waals surface area contributed by atoms with Crippen LogP contribution in [0.5, 0.6) is 0 Å². The van der Waals surface area contributed by atoms with Gasteiger partial charge in [-0.15, -0.1) is 0 Å². The molecule has 2 amide bonds. The van der Waals surface area contributed by atoms with Crippen LogP contribution in [0.25, 0.3) is 0 Å². The van der Waals surface area contributed by atoms with Crippen LogP contribution < -0.4 is 11.1 Å². The van der Waals surface area contributed by atoms with E-state index in [0.29, 0.717) is 12.3 Å². The predicted octanol–water partition coefficient (Wildman–Crippen LogP) is 1.81. The van der Waals surface area contributed by atoms with Gasteiger partial charge in [0.2, 0.25) is 11.8 Å². The Morgan fingerprint density at radius 2 is 1.95 bits per heavy atom. The molecule has 1 unspecified atom stereocenters. The van der Waals surface area contributed by atoms with Crippen molar-refractivity contribution in [2.75, 3.05) is 0 Å². The van der Waals surface area contributed by atoms with Crippen molar-refractivity contribution in [1.29, 1.82) is 0 Å². The van der Waals surface area contributed by atoms with Gasteiger partial charge in [-0.05, 0) is 30.2 Å². The summed E-state index contributed by atoms with van der Waals surface area (Å²) in [5, 5.41) is 2.80. The first-order chi connectivity index (χ1) is 9.49. The minimum absolute atomic E-state index is 0.0218. The molecule has 1 fully saturated rings. The monoisotopic (exact) mass is 274 g/mol. The molecular weight excluding hydrogens is 252 g/mol. The minimum atomic E-state index is -0.556. The number of hydrogen-bond acceptors (Lipinski definition) is 2. The van der Waals surface area contributed by atoms with Gasteiger partial charge in [0.05, 0.1) is 0 Å². The van der Waals surface area contributed by atoms with E-state index in [9.17, 15) is 9.59 Å². The normalized spacial score (nSPS) is 22.4. The SMILES string of the molecule is CC(C)C[C@H](NC(=O)[C@@H]1CC1c1ccccc1)C(N)=O. The standard InChI is InChI=1S/C16H22N2O2/c1-10(2)8-14(15(17)19)18-16(20)13-9-12(13)11-6-4-3-5-7-11/h3-7,10,12-14H,8-9H2,1-2H3,(H2,17,19)(H,18,20)/t12?,13-,14+/m1/s1. The minimum Gasteiger partial charge on any atom is -0.368 e. The van der Waals surface area contributed by atoms with Crippen LogP contribution in [0, 0.1) is 11.8 Å². The van der Waals surface area contributed by atoms with E-state index in [-0.39, 0.29) is 17.7 Å². The van der Waals surface area contributed by atoms with Crippen molar-refractivity contribution >= 4 is 11.8 Å². The Bertz CT molecular complexity index is 485. The lowest BCUT2D eigenvalue weighted by Gasteiger charge is -2.17. The van der Waals surface area contributed by atoms with Gasteiger partial charge >= 0.3 is 0 Å². The summed E-state index contributed by atoms with van der Waals surface area (Å²) in [7, 11) is 0. The number of benzene rings is 1. The van der Waals surface area contributed by atoms with Crippen LogP contribution in [-0.4, -0.2) is 17.9 Å². The van der Waals surface area contributed by atoms with E-state index in [1.54, 1.807) is 0 Å². The van der Waals surface area contributed by atoms with E-state index in [2.05, 4.69) is 5.32 Å². The summed E-state index contributed by atoms with van der Waals surface area (Å²) in [6.45, 7) is 4.01. The van der Waals surface area contributed by atoms with Crippen molar-refractivity contribution in [2.45, 2.75) is 38.6 Å². The van der Waals surface area contributed by atoms with Crippen LogP contribution >= 0.6 is 0 Å². The summed E-state index contributed by atoms with van der Waals surface area (Å²) in [5.41, 5.74) is 6.53. The second-order valence-electron chi connectivity index (χ2n) is 5.95. The maximum Gasteiger partial charge on any atom is 0.240 e. The number of nitrogens with two attached hydrogens (primary N) is 1. The van der Waals surface area contributed by atoms with Crippen molar-refractivity contribution in [3.63, 3.8) is 0 Å². The summed E-state index contributed by atoms with van der Waals surface area (Å²) in [6, 6.07) is 9.45. The smallest absolute Gasteiger partial charge is 0.240 e. The van der Waals surface area contributed by atoms with Crippen LogP contribution in [0.1, 0.15) is 38.2 Å². The molecule has 20 heavy (non-hydrogen) atoms. The fourth-order valence-electron chi connectivity index (χ4n) is 2.55. The number of carbonyl (C=O) groups is 2. The molecule has 1 aliphatic carbocycles.